The molecular formula is C23H25BrN6O2S. The number of carbonyl (C=O) groups is 1. The van der Waals surface area contributed by atoms with Crippen molar-refractivity contribution in [1.29, 1.82) is 0 Å². The Morgan fingerprint density at radius 2 is 2.09 bits per heavy atom. The molecule has 0 saturated carbocycles. The molecule has 33 heavy (non-hydrogen) atoms. The van der Waals surface area contributed by atoms with E-state index in [2.05, 4.69) is 36.6 Å². The van der Waals surface area contributed by atoms with Crippen molar-refractivity contribution in [2.75, 3.05) is 13.1 Å². The smallest absolute Gasteiger partial charge is 0.228 e. The van der Waals surface area contributed by atoms with Crippen molar-refractivity contribution < 1.29 is 9.90 Å². The number of thiazole rings is 1. The van der Waals surface area contributed by atoms with Crippen molar-refractivity contribution in [3.8, 4) is 5.69 Å². The molecule has 4 aromatic rings. The fraction of sp³-hybridized carbons (Fsp3) is 0.391. The monoisotopic (exact) mass is 528 g/mol. The van der Waals surface area contributed by atoms with Gasteiger partial charge in [-0.25, -0.2) is 9.67 Å². The zero-order valence-corrected chi connectivity index (χ0v) is 20.9. The largest absolute Gasteiger partial charge is 0.383 e. The second-order valence-electron chi connectivity index (χ2n) is 8.68. The van der Waals surface area contributed by atoms with Crippen LogP contribution in [0.15, 0.2) is 40.4 Å². The minimum absolute atomic E-state index is 0.0387. The maximum atomic E-state index is 13.0. The van der Waals surface area contributed by atoms with Gasteiger partial charge in [0.15, 0.2) is 4.96 Å². The van der Waals surface area contributed by atoms with Crippen LogP contribution >= 0.6 is 27.3 Å². The minimum Gasteiger partial charge on any atom is -0.383 e. The molecular weight excluding hydrogens is 504 g/mol. The Balaban J connectivity index is 1.28. The molecule has 1 atom stereocenters. The van der Waals surface area contributed by atoms with Crippen LogP contribution < -0.4 is 0 Å². The third-order valence-electron chi connectivity index (χ3n) is 6.31. The Morgan fingerprint density at radius 3 is 2.88 bits per heavy atom. The highest BCUT2D eigenvalue weighted by atomic mass is 79.9. The minimum atomic E-state index is -1.11. The maximum Gasteiger partial charge on any atom is 0.228 e. The summed E-state index contributed by atoms with van der Waals surface area (Å²) in [5.41, 5.74) is 3.31. The molecule has 3 aromatic heterocycles. The predicted octanol–water partition coefficient (Wildman–Crippen LogP) is 3.80. The molecule has 4 heterocycles. The van der Waals surface area contributed by atoms with E-state index in [0.29, 0.717) is 38.0 Å². The molecule has 172 valence electrons. The van der Waals surface area contributed by atoms with Crippen LogP contribution in [0.3, 0.4) is 0 Å². The predicted molar refractivity (Wildman–Crippen MR) is 130 cm³/mol. The number of aliphatic hydroxyl groups is 1. The van der Waals surface area contributed by atoms with E-state index in [9.17, 15) is 9.90 Å². The van der Waals surface area contributed by atoms with Crippen LogP contribution in [-0.2, 0) is 16.8 Å². The summed E-state index contributed by atoms with van der Waals surface area (Å²) >= 11 is 5.06. The van der Waals surface area contributed by atoms with E-state index in [1.54, 1.807) is 22.2 Å². The molecule has 0 spiro atoms. The van der Waals surface area contributed by atoms with Crippen LogP contribution in [0.5, 0.6) is 0 Å². The molecule has 1 aliphatic rings. The van der Waals surface area contributed by atoms with E-state index in [0.717, 1.165) is 32.1 Å². The molecule has 1 saturated heterocycles. The van der Waals surface area contributed by atoms with E-state index in [1.165, 1.54) is 0 Å². The number of aryl methyl sites for hydroxylation is 2. The summed E-state index contributed by atoms with van der Waals surface area (Å²) in [4.78, 5) is 20.3. The van der Waals surface area contributed by atoms with Gasteiger partial charge in [-0.1, -0.05) is 21.1 Å². The van der Waals surface area contributed by atoms with E-state index in [1.807, 2.05) is 47.5 Å². The Kier molecular flexibility index (Phi) is 5.84. The summed E-state index contributed by atoms with van der Waals surface area (Å²) in [6.07, 6.45) is 5.67. The summed E-state index contributed by atoms with van der Waals surface area (Å²) in [6.45, 7) is 5.13. The standard InChI is InChI=1S/C23H25BrN6O2S/c1-15-10-17(24)4-5-19(15)30-13-20(26-27-30)23(32)6-3-8-28(9-7-23)21(31)11-18-12-29-16(2)14-33-22(29)25-18/h4-5,10,12-14,32H,3,6-9,11H2,1-2H3. The summed E-state index contributed by atoms with van der Waals surface area (Å²) in [5, 5.41) is 22.0. The van der Waals surface area contributed by atoms with Crippen molar-refractivity contribution in [3.63, 3.8) is 0 Å². The molecule has 10 heteroatoms. The van der Waals surface area contributed by atoms with Gasteiger partial charge in [0.2, 0.25) is 5.91 Å². The van der Waals surface area contributed by atoms with Crippen molar-refractivity contribution in [2.24, 2.45) is 0 Å². The summed E-state index contributed by atoms with van der Waals surface area (Å²) in [6, 6.07) is 5.95. The molecule has 0 radical (unpaired) electrons. The molecule has 0 bridgehead atoms. The van der Waals surface area contributed by atoms with Gasteiger partial charge in [0, 0.05) is 34.8 Å². The topological polar surface area (TPSA) is 88.5 Å². The first-order chi connectivity index (χ1) is 15.8. The Morgan fingerprint density at radius 1 is 1.24 bits per heavy atom. The highest BCUT2D eigenvalue weighted by molar-refractivity contribution is 9.10. The molecule has 8 nitrogen and oxygen atoms in total. The normalized spacial score (nSPS) is 19.2. The Bertz CT molecular complexity index is 1330. The van der Waals surface area contributed by atoms with Gasteiger partial charge >= 0.3 is 0 Å². The van der Waals surface area contributed by atoms with Crippen LogP contribution in [0, 0.1) is 13.8 Å². The van der Waals surface area contributed by atoms with Crippen LogP contribution in [-0.4, -0.2) is 53.4 Å². The molecule has 1 aliphatic heterocycles. The number of rotatable bonds is 4. The summed E-state index contributed by atoms with van der Waals surface area (Å²) < 4.78 is 4.72. The summed E-state index contributed by atoms with van der Waals surface area (Å²) in [5.74, 6) is 0.0387. The molecule has 1 amide bonds. The van der Waals surface area contributed by atoms with Crippen molar-refractivity contribution >= 4 is 38.1 Å². The number of fused-ring (bicyclic) bond motifs is 1. The van der Waals surface area contributed by atoms with Crippen molar-refractivity contribution in [2.45, 2.75) is 45.1 Å². The summed E-state index contributed by atoms with van der Waals surface area (Å²) in [7, 11) is 0. The third kappa shape index (κ3) is 4.34. The van der Waals surface area contributed by atoms with Crippen LogP contribution in [0.25, 0.3) is 10.6 Å². The van der Waals surface area contributed by atoms with Gasteiger partial charge in [0.25, 0.3) is 0 Å². The quantitative estimate of drug-likeness (QED) is 0.435. The molecule has 5 rings (SSSR count). The number of likely N-dealkylation sites (tertiary alicyclic amines) is 1. The lowest BCUT2D eigenvalue weighted by Crippen LogP contribution is -2.34. The number of hydrogen-bond acceptors (Lipinski definition) is 6. The van der Waals surface area contributed by atoms with Gasteiger partial charge in [0.1, 0.15) is 11.3 Å². The van der Waals surface area contributed by atoms with Gasteiger partial charge in [-0.15, -0.1) is 16.4 Å². The van der Waals surface area contributed by atoms with Crippen LogP contribution in [0.1, 0.15) is 41.9 Å². The highest BCUT2D eigenvalue weighted by Gasteiger charge is 2.36. The Hall–Kier alpha value is -2.56. The number of benzene rings is 1. The molecule has 1 unspecified atom stereocenters. The van der Waals surface area contributed by atoms with Gasteiger partial charge in [-0.05, 0) is 56.9 Å². The molecule has 0 aliphatic carbocycles. The second kappa shape index (κ2) is 8.66. The van der Waals surface area contributed by atoms with E-state index < -0.39 is 5.60 Å². The lowest BCUT2D eigenvalue weighted by molar-refractivity contribution is -0.130. The average Bonchev–Trinajstić information content (AvgIpc) is 3.45. The number of aromatic nitrogens is 5. The zero-order chi connectivity index (χ0) is 23.2. The van der Waals surface area contributed by atoms with E-state index >= 15 is 0 Å². The van der Waals surface area contributed by atoms with Crippen molar-refractivity contribution in [1.82, 2.24) is 29.3 Å². The van der Waals surface area contributed by atoms with E-state index in [-0.39, 0.29) is 12.3 Å². The zero-order valence-electron chi connectivity index (χ0n) is 18.5. The molecule has 1 N–H and O–H groups in total. The molecule has 1 fully saturated rings. The second-order valence-corrected chi connectivity index (χ2v) is 10.4. The fourth-order valence-electron chi connectivity index (χ4n) is 4.39. The maximum absolute atomic E-state index is 13.0. The van der Waals surface area contributed by atoms with E-state index in [4.69, 9.17) is 0 Å². The first-order valence-corrected chi connectivity index (χ1v) is 12.6. The number of halogens is 1. The lowest BCUT2D eigenvalue weighted by atomic mass is 9.92. The highest BCUT2D eigenvalue weighted by Crippen LogP contribution is 2.32. The third-order valence-corrected chi connectivity index (χ3v) is 7.76. The number of imidazole rings is 1. The fourth-order valence-corrected chi connectivity index (χ4v) is 5.73. The van der Waals surface area contributed by atoms with Crippen molar-refractivity contribution in [3.05, 3.63) is 63.1 Å². The SMILES string of the molecule is Cc1cc(Br)ccc1-n1cc(C2(O)CCCN(C(=O)Cc3cn4c(C)csc4n3)CC2)nn1. The van der Waals surface area contributed by atoms with Crippen LogP contribution in [0.2, 0.25) is 0 Å². The number of hydrogen-bond donors (Lipinski definition) is 1. The lowest BCUT2D eigenvalue weighted by Gasteiger charge is -2.24. The number of amides is 1. The van der Waals surface area contributed by atoms with Crippen LogP contribution in [0.4, 0.5) is 0 Å². The number of nitrogens with zero attached hydrogens (tertiary/aromatic N) is 6. The van der Waals surface area contributed by atoms with Gasteiger partial charge < -0.3 is 10.0 Å². The van der Waals surface area contributed by atoms with Gasteiger partial charge in [-0.3, -0.25) is 9.20 Å². The van der Waals surface area contributed by atoms with Gasteiger partial charge in [-0.2, -0.15) is 0 Å². The Labute approximate surface area is 204 Å². The first kappa shape index (κ1) is 22.2. The number of carbonyl (C=O) groups excluding carboxylic acids is 1. The first-order valence-electron chi connectivity index (χ1n) is 10.9. The van der Waals surface area contributed by atoms with Gasteiger partial charge in [0.05, 0.1) is 24.0 Å². The average molecular weight is 529 g/mol. The molecule has 1 aromatic carbocycles.